The monoisotopic (exact) mass is 312 g/mol. The van der Waals surface area contributed by atoms with Crippen molar-refractivity contribution in [2.75, 3.05) is 16.3 Å². The number of rotatable bonds is 5. The summed E-state index contributed by atoms with van der Waals surface area (Å²) in [5.74, 6) is -0.922. The molecule has 0 saturated heterocycles. The van der Waals surface area contributed by atoms with Crippen molar-refractivity contribution in [1.82, 2.24) is 0 Å². The van der Waals surface area contributed by atoms with Crippen molar-refractivity contribution in [2.45, 2.75) is 31.7 Å². The Kier molecular flexibility index (Phi) is 4.72. The van der Waals surface area contributed by atoms with E-state index in [1.54, 1.807) is 12.1 Å². The first-order valence-corrected chi connectivity index (χ1v) is 8.80. The van der Waals surface area contributed by atoms with E-state index in [9.17, 15) is 13.2 Å². The molecular formula is C14H20N2O4S. The first kappa shape index (κ1) is 15.6. The van der Waals surface area contributed by atoms with E-state index in [1.165, 1.54) is 0 Å². The summed E-state index contributed by atoms with van der Waals surface area (Å²) in [7, 11) is -3.26. The summed E-state index contributed by atoms with van der Waals surface area (Å²) in [6.45, 7) is 0. The third kappa shape index (κ3) is 4.93. The molecule has 0 amide bonds. The van der Waals surface area contributed by atoms with Crippen LogP contribution in [-0.4, -0.2) is 31.8 Å². The highest BCUT2D eigenvalue weighted by Crippen LogP contribution is 2.27. The van der Waals surface area contributed by atoms with Gasteiger partial charge in [0.1, 0.15) is 0 Å². The van der Waals surface area contributed by atoms with Gasteiger partial charge in [-0.15, -0.1) is 0 Å². The molecule has 0 heterocycles. The smallest absolute Gasteiger partial charge is 0.306 e. The minimum absolute atomic E-state index is 0.218. The Morgan fingerprint density at radius 2 is 1.62 bits per heavy atom. The molecule has 7 heteroatoms. The zero-order valence-electron chi connectivity index (χ0n) is 11.9. The van der Waals surface area contributed by atoms with Gasteiger partial charge in [0.15, 0.2) is 0 Å². The Morgan fingerprint density at radius 1 is 1.10 bits per heavy atom. The van der Waals surface area contributed by atoms with Crippen molar-refractivity contribution in [2.24, 2.45) is 5.92 Å². The van der Waals surface area contributed by atoms with Gasteiger partial charge in [0.05, 0.1) is 12.2 Å². The normalized spacial score (nSPS) is 22.5. The molecule has 1 aromatic rings. The molecule has 6 nitrogen and oxygen atoms in total. The highest BCUT2D eigenvalue weighted by molar-refractivity contribution is 7.92. The second kappa shape index (κ2) is 6.34. The van der Waals surface area contributed by atoms with Crippen molar-refractivity contribution in [3.63, 3.8) is 0 Å². The van der Waals surface area contributed by atoms with E-state index >= 15 is 0 Å². The molecule has 0 atom stereocenters. The van der Waals surface area contributed by atoms with Crippen LogP contribution in [0.1, 0.15) is 25.7 Å². The molecule has 1 saturated carbocycles. The number of sulfonamides is 1. The molecule has 0 radical (unpaired) electrons. The van der Waals surface area contributed by atoms with E-state index in [4.69, 9.17) is 5.11 Å². The lowest BCUT2D eigenvalue weighted by Gasteiger charge is -2.27. The van der Waals surface area contributed by atoms with Crippen molar-refractivity contribution in [3.05, 3.63) is 24.3 Å². The van der Waals surface area contributed by atoms with Crippen molar-refractivity contribution in [1.29, 1.82) is 0 Å². The Morgan fingerprint density at radius 3 is 2.10 bits per heavy atom. The van der Waals surface area contributed by atoms with Crippen LogP contribution in [0.15, 0.2) is 24.3 Å². The maximum absolute atomic E-state index is 11.1. The molecule has 1 aliphatic carbocycles. The van der Waals surface area contributed by atoms with Crippen LogP contribution in [0.2, 0.25) is 0 Å². The molecule has 0 aliphatic heterocycles. The minimum atomic E-state index is -3.26. The van der Waals surface area contributed by atoms with E-state index in [-0.39, 0.29) is 12.0 Å². The maximum atomic E-state index is 11.1. The molecule has 2 rings (SSSR count). The Bertz CT molecular complexity index is 590. The van der Waals surface area contributed by atoms with Crippen molar-refractivity contribution >= 4 is 27.4 Å². The fourth-order valence-electron chi connectivity index (χ4n) is 2.57. The third-order valence-electron chi connectivity index (χ3n) is 3.64. The van der Waals surface area contributed by atoms with Gasteiger partial charge in [-0.25, -0.2) is 8.42 Å². The summed E-state index contributed by atoms with van der Waals surface area (Å²) >= 11 is 0. The second-order valence-electron chi connectivity index (χ2n) is 5.48. The second-order valence-corrected chi connectivity index (χ2v) is 7.23. The molecule has 0 unspecified atom stereocenters. The number of nitrogens with one attached hydrogen (secondary N) is 2. The Hall–Kier alpha value is -1.76. The molecule has 1 aliphatic rings. The first-order chi connectivity index (χ1) is 9.83. The summed E-state index contributed by atoms with van der Waals surface area (Å²) in [6, 6.07) is 7.31. The standard InChI is InChI=1S/C14H20N2O4S/c1-21(19,20)16-13-8-6-12(7-9-13)15-11-4-2-10(3-5-11)14(17)18/h6-11,15-16H,2-5H2,1H3,(H,17,18). The molecule has 0 spiro atoms. The van der Waals surface area contributed by atoms with Crippen LogP contribution in [0.5, 0.6) is 0 Å². The molecule has 1 fully saturated rings. The lowest BCUT2D eigenvalue weighted by atomic mass is 9.86. The fourth-order valence-corrected chi connectivity index (χ4v) is 3.13. The summed E-state index contributed by atoms with van der Waals surface area (Å²) < 4.78 is 24.6. The van der Waals surface area contributed by atoms with Crippen LogP contribution >= 0.6 is 0 Å². The van der Waals surface area contributed by atoms with Gasteiger partial charge in [-0.05, 0) is 49.9 Å². The van der Waals surface area contributed by atoms with Crippen LogP contribution in [0, 0.1) is 5.92 Å². The lowest BCUT2D eigenvalue weighted by Crippen LogP contribution is -2.29. The number of hydrogen-bond donors (Lipinski definition) is 3. The van der Waals surface area contributed by atoms with E-state index in [2.05, 4.69) is 10.0 Å². The lowest BCUT2D eigenvalue weighted by molar-refractivity contribution is -0.142. The van der Waals surface area contributed by atoms with Crippen LogP contribution in [0.4, 0.5) is 11.4 Å². The minimum Gasteiger partial charge on any atom is -0.481 e. The molecular weight excluding hydrogens is 292 g/mol. The SMILES string of the molecule is CS(=O)(=O)Nc1ccc(NC2CCC(C(=O)O)CC2)cc1. The number of carbonyl (C=O) groups is 1. The zero-order valence-corrected chi connectivity index (χ0v) is 12.7. The maximum Gasteiger partial charge on any atom is 0.306 e. The molecule has 116 valence electrons. The molecule has 0 bridgehead atoms. The van der Waals surface area contributed by atoms with Crippen molar-refractivity contribution in [3.8, 4) is 0 Å². The number of hydrogen-bond acceptors (Lipinski definition) is 4. The molecule has 3 N–H and O–H groups in total. The Labute approximate surface area is 124 Å². The van der Waals surface area contributed by atoms with Gasteiger partial charge >= 0.3 is 5.97 Å². The van der Waals surface area contributed by atoms with Crippen LogP contribution < -0.4 is 10.0 Å². The van der Waals surface area contributed by atoms with E-state index in [0.717, 1.165) is 24.8 Å². The topological polar surface area (TPSA) is 95.5 Å². The summed E-state index contributed by atoms with van der Waals surface area (Å²) in [5, 5.41) is 12.3. The number of aliphatic carboxylic acids is 1. The van der Waals surface area contributed by atoms with Crippen LogP contribution in [0.25, 0.3) is 0 Å². The van der Waals surface area contributed by atoms with Gasteiger partial charge in [0, 0.05) is 17.4 Å². The number of carboxylic acid groups (broad SMARTS) is 1. The fraction of sp³-hybridized carbons (Fsp3) is 0.500. The first-order valence-electron chi connectivity index (χ1n) is 6.91. The summed E-state index contributed by atoms with van der Waals surface area (Å²) in [6.07, 6.45) is 4.17. The van der Waals surface area contributed by atoms with Gasteiger partial charge < -0.3 is 10.4 Å². The Balaban J connectivity index is 1.88. The quantitative estimate of drug-likeness (QED) is 0.774. The number of carboxylic acids is 1. The summed E-state index contributed by atoms with van der Waals surface area (Å²) in [4.78, 5) is 10.9. The molecule has 1 aromatic carbocycles. The average Bonchev–Trinajstić information content (AvgIpc) is 2.40. The van der Waals surface area contributed by atoms with Gasteiger partial charge in [0.2, 0.25) is 10.0 Å². The van der Waals surface area contributed by atoms with Crippen LogP contribution in [-0.2, 0) is 14.8 Å². The van der Waals surface area contributed by atoms with Gasteiger partial charge in [0.25, 0.3) is 0 Å². The highest BCUT2D eigenvalue weighted by Gasteiger charge is 2.25. The van der Waals surface area contributed by atoms with Gasteiger partial charge in [-0.1, -0.05) is 0 Å². The molecule has 0 aromatic heterocycles. The molecule has 21 heavy (non-hydrogen) atoms. The van der Waals surface area contributed by atoms with E-state index in [0.29, 0.717) is 18.5 Å². The predicted molar refractivity (Wildman–Crippen MR) is 81.9 cm³/mol. The van der Waals surface area contributed by atoms with E-state index < -0.39 is 16.0 Å². The summed E-state index contributed by atoms with van der Waals surface area (Å²) in [5.41, 5.74) is 1.44. The predicted octanol–water partition coefficient (Wildman–Crippen LogP) is 2.11. The van der Waals surface area contributed by atoms with Crippen LogP contribution in [0.3, 0.4) is 0 Å². The van der Waals surface area contributed by atoms with Gasteiger partial charge in [-0.3, -0.25) is 9.52 Å². The number of benzene rings is 1. The number of anilines is 2. The largest absolute Gasteiger partial charge is 0.481 e. The van der Waals surface area contributed by atoms with E-state index in [1.807, 2.05) is 12.1 Å². The van der Waals surface area contributed by atoms with Crippen molar-refractivity contribution < 1.29 is 18.3 Å². The highest BCUT2D eigenvalue weighted by atomic mass is 32.2. The average molecular weight is 312 g/mol. The van der Waals surface area contributed by atoms with Gasteiger partial charge in [-0.2, -0.15) is 0 Å². The third-order valence-corrected chi connectivity index (χ3v) is 4.24. The zero-order chi connectivity index (χ0) is 15.5.